The van der Waals surface area contributed by atoms with E-state index in [9.17, 15) is 9.90 Å². The van der Waals surface area contributed by atoms with E-state index in [1.54, 1.807) is 6.20 Å². The highest BCUT2D eigenvalue weighted by atomic mass is 16.4. The predicted octanol–water partition coefficient (Wildman–Crippen LogP) is 4.56. The summed E-state index contributed by atoms with van der Waals surface area (Å²) in [6.07, 6.45) is 1.76. The lowest BCUT2D eigenvalue weighted by molar-refractivity contribution is -0.139. The minimum absolute atomic E-state index is 0.296. The van der Waals surface area contributed by atoms with E-state index in [1.807, 2.05) is 78.9 Å². The minimum atomic E-state index is -0.836. The topological polar surface area (TPSA) is 66.0 Å². The van der Waals surface area contributed by atoms with E-state index < -0.39 is 11.9 Å². The minimum Gasteiger partial charge on any atom is -0.481 e. The maximum atomic E-state index is 12.3. The molecule has 1 aromatic heterocycles. The second-order valence-electron chi connectivity index (χ2n) is 6.33. The number of hydrogen-bond acceptors (Lipinski definition) is 2. The number of aliphatic carboxylic acids is 1. The normalized spacial score (nSPS) is 13.4. The number of carboxylic acids is 1. The number of aromatic amines is 1. The highest BCUT2D eigenvalue weighted by Gasteiger charge is 2.32. The van der Waals surface area contributed by atoms with Crippen molar-refractivity contribution in [2.24, 2.45) is 0 Å². The number of hydrogen-bond donors (Lipinski definition) is 2. The molecule has 0 radical (unpaired) electrons. The number of H-pyrrole nitrogens is 1. The van der Waals surface area contributed by atoms with Gasteiger partial charge in [0.15, 0.2) is 0 Å². The molecular formula is C22H18N2O2. The van der Waals surface area contributed by atoms with Gasteiger partial charge in [0.1, 0.15) is 0 Å². The van der Waals surface area contributed by atoms with Crippen LogP contribution in [-0.2, 0) is 4.79 Å². The Hall–Kier alpha value is -3.40. The number of nitrogens with one attached hydrogen (secondary N) is 1. The fraction of sp³-hybridized carbons (Fsp3) is 0.0909. The molecule has 0 fully saturated rings. The Morgan fingerprint density at radius 3 is 2.15 bits per heavy atom. The molecule has 0 aliphatic carbocycles. The Morgan fingerprint density at radius 2 is 1.50 bits per heavy atom. The van der Waals surface area contributed by atoms with E-state index in [0.29, 0.717) is 0 Å². The van der Waals surface area contributed by atoms with Gasteiger partial charge in [0.2, 0.25) is 0 Å². The lowest BCUT2D eigenvalue weighted by Gasteiger charge is -2.25. The van der Waals surface area contributed by atoms with Crippen molar-refractivity contribution < 1.29 is 9.90 Å². The highest BCUT2D eigenvalue weighted by molar-refractivity contribution is 5.81. The molecule has 0 aliphatic heterocycles. The van der Waals surface area contributed by atoms with Gasteiger partial charge in [-0.2, -0.15) is 5.10 Å². The fourth-order valence-corrected chi connectivity index (χ4v) is 3.53. The standard InChI is InChI=1S/C22H18N2O2/c25-22(26)21(16-9-5-2-6-10-16)20(15-7-3-1-4-8-15)17-11-12-19-18(13-17)14-23-24-19/h1-14,20-21H,(H,23,24)(H,25,26). The van der Waals surface area contributed by atoms with Crippen LogP contribution < -0.4 is 0 Å². The Balaban J connectivity index is 1.91. The molecule has 4 rings (SSSR count). The Morgan fingerprint density at radius 1 is 0.846 bits per heavy atom. The van der Waals surface area contributed by atoms with Crippen molar-refractivity contribution in [3.8, 4) is 0 Å². The molecular weight excluding hydrogens is 324 g/mol. The first-order chi connectivity index (χ1) is 12.7. The van der Waals surface area contributed by atoms with Crippen molar-refractivity contribution in [3.05, 3.63) is 102 Å². The van der Waals surface area contributed by atoms with Crippen molar-refractivity contribution in [2.75, 3.05) is 0 Å². The largest absolute Gasteiger partial charge is 0.481 e. The fourth-order valence-electron chi connectivity index (χ4n) is 3.53. The van der Waals surface area contributed by atoms with Crippen molar-refractivity contribution >= 4 is 16.9 Å². The summed E-state index contributed by atoms with van der Waals surface area (Å²) >= 11 is 0. The average Bonchev–Trinajstić information content (AvgIpc) is 3.15. The van der Waals surface area contributed by atoms with Gasteiger partial charge in [-0.15, -0.1) is 0 Å². The molecule has 0 amide bonds. The molecule has 0 aliphatic rings. The van der Waals surface area contributed by atoms with E-state index >= 15 is 0 Å². The zero-order valence-electron chi connectivity index (χ0n) is 14.0. The number of aromatic nitrogens is 2. The first kappa shape index (κ1) is 16.1. The maximum Gasteiger partial charge on any atom is 0.311 e. The van der Waals surface area contributed by atoms with E-state index in [0.717, 1.165) is 27.6 Å². The molecule has 3 aromatic carbocycles. The number of carboxylic acid groups (broad SMARTS) is 1. The van der Waals surface area contributed by atoms with Crippen LogP contribution in [0.3, 0.4) is 0 Å². The summed E-state index contributed by atoms with van der Waals surface area (Å²) in [6.45, 7) is 0. The van der Waals surface area contributed by atoms with Crippen LogP contribution in [-0.4, -0.2) is 21.3 Å². The van der Waals surface area contributed by atoms with Crippen molar-refractivity contribution in [3.63, 3.8) is 0 Å². The van der Waals surface area contributed by atoms with E-state index in [-0.39, 0.29) is 5.92 Å². The van der Waals surface area contributed by atoms with Crippen LogP contribution in [0.25, 0.3) is 10.9 Å². The van der Waals surface area contributed by atoms with Gasteiger partial charge < -0.3 is 5.11 Å². The molecule has 0 spiro atoms. The second kappa shape index (κ2) is 6.84. The number of benzene rings is 3. The second-order valence-corrected chi connectivity index (χ2v) is 6.33. The van der Waals surface area contributed by atoms with Crippen LogP contribution in [0.1, 0.15) is 28.5 Å². The third-order valence-corrected chi connectivity index (χ3v) is 4.74. The molecule has 2 unspecified atom stereocenters. The maximum absolute atomic E-state index is 12.3. The summed E-state index contributed by atoms with van der Waals surface area (Å²) in [5, 5.41) is 18.1. The summed E-state index contributed by atoms with van der Waals surface area (Å²) in [5.41, 5.74) is 3.67. The molecule has 2 N–H and O–H groups in total. The van der Waals surface area contributed by atoms with Crippen molar-refractivity contribution in [1.82, 2.24) is 10.2 Å². The number of carbonyl (C=O) groups is 1. The molecule has 4 nitrogen and oxygen atoms in total. The highest BCUT2D eigenvalue weighted by Crippen LogP contribution is 2.39. The molecule has 0 saturated carbocycles. The van der Waals surface area contributed by atoms with Crippen LogP contribution in [0.2, 0.25) is 0 Å². The van der Waals surface area contributed by atoms with Crippen molar-refractivity contribution in [2.45, 2.75) is 11.8 Å². The van der Waals surface area contributed by atoms with Crippen LogP contribution in [0.15, 0.2) is 85.1 Å². The van der Waals surface area contributed by atoms with Crippen LogP contribution in [0, 0.1) is 0 Å². The number of rotatable bonds is 5. The lowest BCUT2D eigenvalue weighted by atomic mass is 9.77. The van der Waals surface area contributed by atoms with Gasteiger partial charge in [-0.1, -0.05) is 66.7 Å². The van der Waals surface area contributed by atoms with E-state index in [4.69, 9.17) is 0 Å². The van der Waals surface area contributed by atoms with Crippen LogP contribution in [0.5, 0.6) is 0 Å². The first-order valence-electron chi connectivity index (χ1n) is 8.50. The lowest BCUT2D eigenvalue weighted by Crippen LogP contribution is -2.21. The van der Waals surface area contributed by atoms with Gasteiger partial charge in [-0.25, -0.2) is 0 Å². The Bertz CT molecular complexity index is 1030. The molecule has 4 aromatic rings. The number of nitrogens with zero attached hydrogens (tertiary/aromatic N) is 1. The van der Waals surface area contributed by atoms with Crippen LogP contribution >= 0.6 is 0 Å². The Labute approximate surface area is 151 Å². The molecule has 128 valence electrons. The summed E-state index contributed by atoms with van der Waals surface area (Å²) in [6, 6.07) is 25.2. The van der Waals surface area contributed by atoms with Crippen LogP contribution in [0.4, 0.5) is 0 Å². The summed E-state index contributed by atoms with van der Waals surface area (Å²) in [7, 11) is 0. The Kier molecular flexibility index (Phi) is 4.23. The van der Waals surface area contributed by atoms with Gasteiger partial charge in [0, 0.05) is 11.3 Å². The van der Waals surface area contributed by atoms with Gasteiger partial charge in [0.05, 0.1) is 17.6 Å². The van der Waals surface area contributed by atoms with Gasteiger partial charge in [0.25, 0.3) is 0 Å². The zero-order chi connectivity index (χ0) is 17.9. The van der Waals surface area contributed by atoms with Gasteiger partial charge in [-0.3, -0.25) is 9.89 Å². The summed E-state index contributed by atoms with van der Waals surface area (Å²) in [5.74, 6) is -1.81. The summed E-state index contributed by atoms with van der Waals surface area (Å²) < 4.78 is 0. The molecule has 2 atom stereocenters. The van der Waals surface area contributed by atoms with E-state index in [2.05, 4.69) is 10.2 Å². The average molecular weight is 342 g/mol. The monoisotopic (exact) mass is 342 g/mol. The molecule has 4 heteroatoms. The molecule has 0 saturated heterocycles. The molecule has 26 heavy (non-hydrogen) atoms. The van der Waals surface area contributed by atoms with Gasteiger partial charge in [-0.05, 0) is 28.8 Å². The first-order valence-corrected chi connectivity index (χ1v) is 8.50. The smallest absolute Gasteiger partial charge is 0.311 e. The zero-order valence-corrected chi connectivity index (χ0v) is 14.0. The molecule has 0 bridgehead atoms. The van der Waals surface area contributed by atoms with Crippen molar-refractivity contribution in [1.29, 1.82) is 0 Å². The third-order valence-electron chi connectivity index (χ3n) is 4.74. The van der Waals surface area contributed by atoms with E-state index in [1.165, 1.54) is 0 Å². The summed E-state index contributed by atoms with van der Waals surface area (Å²) in [4.78, 5) is 12.3. The quantitative estimate of drug-likeness (QED) is 0.558. The van der Waals surface area contributed by atoms with Gasteiger partial charge >= 0.3 is 5.97 Å². The SMILES string of the molecule is O=C(O)C(c1ccccc1)C(c1ccccc1)c1ccc2[nH]ncc2c1. The number of fused-ring (bicyclic) bond motifs is 1. The third kappa shape index (κ3) is 2.97. The predicted molar refractivity (Wildman–Crippen MR) is 101 cm³/mol. The molecule has 1 heterocycles.